The van der Waals surface area contributed by atoms with Gasteiger partial charge >= 0.3 is 5.97 Å². The number of rotatable bonds is 7. The molecule has 0 unspecified atom stereocenters. The summed E-state index contributed by atoms with van der Waals surface area (Å²) in [5, 5.41) is 0. The molecule has 20 heavy (non-hydrogen) atoms. The molecule has 4 heteroatoms. The van der Waals surface area contributed by atoms with E-state index in [1.54, 1.807) is 0 Å². The Balaban J connectivity index is 2.41. The molecule has 0 amide bonds. The van der Waals surface area contributed by atoms with Crippen LogP contribution in [0.1, 0.15) is 39.2 Å². The Morgan fingerprint density at radius 1 is 1.35 bits per heavy atom. The molecule has 1 aromatic rings. The van der Waals surface area contributed by atoms with Gasteiger partial charge in [-0.2, -0.15) is 0 Å². The van der Waals surface area contributed by atoms with Crippen LogP contribution in [0, 0.1) is 12.3 Å². The molecule has 1 aromatic carbocycles. The zero-order valence-corrected chi connectivity index (χ0v) is 14.2. The number of esters is 1. The summed E-state index contributed by atoms with van der Waals surface area (Å²) in [5.74, 6) is 0.743. The summed E-state index contributed by atoms with van der Waals surface area (Å²) in [4.78, 5) is 11.8. The number of ether oxygens (including phenoxy) is 2. The molecular formula is C16H23BrO3. The van der Waals surface area contributed by atoms with Crippen molar-refractivity contribution in [1.29, 1.82) is 0 Å². The van der Waals surface area contributed by atoms with Crippen LogP contribution >= 0.6 is 15.9 Å². The highest BCUT2D eigenvalue weighted by Gasteiger charge is 2.28. The smallest absolute Gasteiger partial charge is 0.311 e. The van der Waals surface area contributed by atoms with Crippen molar-refractivity contribution in [3.8, 4) is 5.75 Å². The Morgan fingerprint density at radius 3 is 2.70 bits per heavy atom. The highest BCUT2D eigenvalue weighted by molar-refractivity contribution is 9.10. The van der Waals surface area contributed by atoms with Crippen molar-refractivity contribution in [2.24, 2.45) is 5.41 Å². The maximum atomic E-state index is 11.8. The van der Waals surface area contributed by atoms with Gasteiger partial charge in [0.25, 0.3) is 0 Å². The first-order valence-electron chi connectivity index (χ1n) is 6.93. The maximum absolute atomic E-state index is 11.8. The highest BCUT2D eigenvalue weighted by Crippen LogP contribution is 2.26. The Labute approximate surface area is 129 Å². The fourth-order valence-electron chi connectivity index (χ4n) is 1.85. The Hall–Kier alpha value is -1.03. The quantitative estimate of drug-likeness (QED) is 0.540. The van der Waals surface area contributed by atoms with Crippen molar-refractivity contribution in [3.63, 3.8) is 0 Å². The lowest BCUT2D eigenvalue weighted by Crippen LogP contribution is -2.27. The van der Waals surface area contributed by atoms with Crippen LogP contribution in [-0.2, 0) is 9.53 Å². The van der Waals surface area contributed by atoms with Gasteiger partial charge in [-0.05, 0) is 58.2 Å². The van der Waals surface area contributed by atoms with Gasteiger partial charge in [-0.15, -0.1) is 0 Å². The molecule has 0 saturated heterocycles. The monoisotopic (exact) mass is 342 g/mol. The second kappa shape index (κ2) is 7.67. The van der Waals surface area contributed by atoms with E-state index in [-0.39, 0.29) is 5.97 Å². The van der Waals surface area contributed by atoms with Gasteiger partial charge in [0.2, 0.25) is 0 Å². The van der Waals surface area contributed by atoms with E-state index < -0.39 is 5.41 Å². The van der Waals surface area contributed by atoms with Gasteiger partial charge in [0.05, 0.1) is 18.6 Å². The normalized spacial score (nSPS) is 11.2. The predicted octanol–water partition coefficient (Wildman–Crippen LogP) is 4.51. The molecule has 0 aliphatic heterocycles. The number of hydrogen-bond acceptors (Lipinski definition) is 3. The van der Waals surface area contributed by atoms with Gasteiger partial charge in [-0.1, -0.05) is 22.0 Å². The lowest BCUT2D eigenvalue weighted by atomic mass is 9.88. The summed E-state index contributed by atoms with van der Waals surface area (Å²) in [6.45, 7) is 8.69. The Kier molecular flexibility index (Phi) is 6.53. The van der Waals surface area contributed by atoms with E-state index in [0.717, 1.165) is 28.6 Å². The predicted molar refractivity (Wildman–Crippen MR) is 84.0 cm³/mol. The number of carbonyl (C=O) groups is 1. The van der Waals surface area contributed by atoms with E-state index in [0.29, 0.717) is 13.2 Å². The third-order valence-corrected chi connectivity index (χ3v) is 3.68. The number of carbonyl (C=O) groups excluding carboxylic acids is 1. The van der Waals surface area contributed by atoms with E-state index in [4.69, 9.17) is 9.47 Å². The van der Waals surface area contributed by atoms with Gasteiger partial charge in [0.15, 0.2) is 0 Å². The average Bonchev–Trinajstić information content (AvgIpc) is 2.39. The average molecular weight is 343 g/mol. The second-order valence-corrected chi connectivity index (χ2v) is 6.38. The zero-order valence-electron chi connectivity index (χ0n) is 12.7. The summed E-state index contributed by atoms with van der Waals surface area (Å²) in [6, 6.07) is 5.97. The van der Waals surface area contributed by atoms with Crippen LogP contribution in [0.25, 0.3) is 0 Å². The minimum atomic E-state index is -0.453. The highest BCUT2D eigenvalue weighted by atomic mass is 79.9. The van der Waals surface area contributed by atoms with Crippen LogP contribution in [-0.4, -0.2) is 19.2 Å². The lowest BCUT2D eigenvalue weighted by molar-refractivity contribution is -0.153. The van der Waals surface area contributed by atoms with Crippen LogP contribution in [0.3, 0.4) is 0 Å². The first-order chi connectivity index (χ1) is 9.36. The molecule has 0 spiro atoms. The third kappa shape index (κ3) is 5.16. The molecule has 0 bridgehead atoms. The minimum Gasteiger partial charge on any atom is -0.493 e. The van der Waals surface area contributed by atoms with Gasteiger partial charge < -0.3 is 9.47 Å². The van der Waals surface area contributed by atoms with Crippen molar-refractivity contribution >= 4 is 21.9 Å². The van der Waals surface area contributed by atoms with Crippen LogP contribution < -0.4 is 4.74 Å². The van der Waals surface area contributed by atoms with E-state index in [1.165, 1.54) is 0 Å². The molecule has 1 rings (SSSR count). The number of aryl methyl sites for hydroxylation is 1. The molecular weight excluding hydrogens is 320 g/mol. The first kappa shape index (κ1) is 17.0. The van der Waals surface area contributed by atoms with Gasteiger partial charge in [-0.3, -0.25) is 4.79 Å². The molecule has 112 valence electrons. The van der Waals surface area contributed by atoms with E-state index in [2.05, 4.69) is 15.9 Å². The SMILES string of the molecule is CCOC(=O)C(C)(C)CCCOc1cc(Br)ccc1C. The standard InChI is InChI=1S/C16H23BrO3/c1-5-19-15(18)16(3,4)9-6-10-20-14-11-13(17)8-7-12(14)2/h7-8,11H,5-6,9-10H2,1-4H3. The van der Waals surface area contributed by atoms with Crippen molar-refractivity contribution < 1.29 is 14.3 Å². The molecule has 0 aliphatic rings. The van der Waals surface area contributed by atoms with Gasteiger partial charge in [-0.25, -0.2) is 0 Å². The Morgan fingerprint density at radius 2 is 2.05 bits per heavy atom. The van der Waals surface area contributed by atoms with Crippen molar-refractivity contribution in [2.75, 3.05) is 13.2 Å². The van der Waals surface area contributed by atoms with Crippen LogP contribution in [0.4, 0.5) is 0 Å². The number of benzene rings is 1. The fraction of sp³-hybridized carbons (Fsp3) is 0.562. The molecule has 0 aromatic heterocycles. The second-order valence-electron chi connectivity index (χ2n) is 5.47. The first-order valence-corrected chi connectivity index (χ1v) is 7.72. The van der Waals surface area contributed by atoms with Crippen molar-refractivity contribution in [3.05, 3.63) is 28.2 Å². The van der Waals surface area contributed by atoms with E-state index in [1.807, 2.05) is 45.9 Å². The summed E-state index contributed by atoms with van der Waals surface area (Å²) < 4.78 is 11.8. The molecule has 0 radical (unpaired) electrons. The van der Waals surface area contributed by atoms with Gasteiger partial charge in [0, 0.05) is 4.47 Å². The molecule has 0 saturated carbocycles. The summed E-state index contributed by atoms with van der Waals surface area (Å²) in [7, 11) is 0. The van der Waals surface area contributed by atoms with Crippen molar-refractivity contribution in [2.45, 2.75) is 40.5 Å². The topological polar surface area (TPSA) is 35.5 Å². The van der Waals surface area contributed by atoms with Crippen LogP contribution in [0.15, 0.2) is 22.7 Å². The molecule has 0 heterocycles. The largest absolute Gasteiger partial charge is 0.493 e. The summed E-state index contributed by atoms with van der Waals surface area (Å²) >= 11 is 3.43. The molecule has 0 atom stereocenters. The molecule has 3 nitrogen and oxygen atoms in total. The molecule has 0 N–H and O–H groups in total. The molecule has 0 fully saturated rings. The van der Waals surface area contributed by atoms with Gasteiger partial charge in [0.1, 0.15) is 5.75 Å². The van der Waals surface area contributed by atoms with Crippen LogP contribution in [0.2, 0.25) is 0 Å². The molecule has 0 aliphatic carbocycles. The summed E-state index contributed by atoms with van der Waals surface area (Å²) in [5.41, 5.74) is 0.656. The number of halogens is 1. The zero-order chi connectivity index (χ0) is 15.2. The van der Waals surface area contributed by atoms with Crippen molar-refractivity contribution in [1.82, 2.24) is 0 Å². The Bertz CT molecular complexity index is 455. The van der Waals surface area contributed by atoms with Crippen LogP contribution in [0.5, 0.6) is 5.75 Å². The number of hydrogen-bond donors (Lipinski definition) is 0. The van der Waals surface area contributed by atoms with E-state index >= 15 is 0 Å². The summed E-state index contributed by atoms with van der Waals surface area (Å²) in [6.07, 6.45) is 1.57. The lowest BCUT2D eigenvalue weighted by Gasteiger charge is -2.22. The minimum absolute atomic E-state index is 0.140. The van der Waals surface area contributed by atoms with E-state index in [9.17, 15) is 4.79 Å². The maximum Gasteiger partial charge on any atom is 0.311 e. The third-order valence-electron chi connectivity index (χ3n) is 3.18. The fourth-order valence-corrected chi connectivity index (χ4v) is 2.19.